The molecule has 19 heavy (non-hydrogen) atoms. The number of Topliss-reactive ketones (excluding diaryl/α,β-unsaturated/α-hetero) is 1. The summed E-state index contributed by atoms with van der Waals surface area (Å²) in [6.45, 7) is 4.63. The molecule has 1 unspecified atom stereocenters. The predicted octanol–water partition coefficient (Wildman–Crippen LogP) is 2.64. The van der Waals surface area contributed by atoms with E-state index in [4.69, 9.17) is 11.6 Å². The second-order valence-corrected chi connectivity index (χ2v) is 7.61. The Morgan fingerprint density at radius 2 is 2.11 bits per heavy atom. The van der Waals surface area contributed by atoms with Gasteiger partial charge in [-0.3, -0.25) is 14.5 Å². The minimum atomic E-state index is -0.152. The quantitative estimate of drug-likeness (QED) is 0.749. The van der Waals surface area contributed by atoms with Gasteiger partial charge in [0.05, 0.1) is 15.9 Å². The molecule has 1 amide bonds. The lowest BCUT2D eigenvalue weighted by molar-refractivity contribution is -0.117. The van der Waals surface area contributed by atoms with Crippen LogP contribution in [0.1, 0.15) is 42.1 Å². The van der Waals surface area contributed by atoms with E-state index in [-0.39, 0.29) is 22.5 Å². The molecule has 2 aliphatic rings. The third-order valence-electron chi connectivity index (χ3n) is 3.53. The van der Waals surface area contributed by atoms with E-state index in [1.807, 2.05) is 0 Å². The molecule has 2 heterocycles. The number of hydrogen-bond acceptors (Lipinski definition) is 4. The summed E-state index contributed by atoms with van der Waals surface area (Å²) in [7, 11) is 0. The van der Waals surface area contributed by atoms with Crippen LogP contribution >= 0.6 is 22.9 Å². The monoisotopic (exact) mass is 298 g/mol. The maximum Gasteiger partial charge on any atom is 0.230 e. The molecular weight excluding hydrogens is 284 g/mol. The number of ketones is 1. The second kappa shape index (κ2) is 4.28. The van der Waals surface area contributed by atoms with E-state index in [9.17, 15) is 9.59 Å². The predicted molar refractivity (Wildman–Crippen MR) is 75.2 cm³/mol. The van der Waals surface area contributed by atoms with Crippen LogP contribution in [0.4, 0.5) is 5.13 Å². The fourth-order valence-corrected chi connectivity index (χ4v) is 3.99. The van der Waals surface area contributed by atoms with Gasteiger partial charge in [0.1, 0.15) is 0 Å². The van der Waals surface area contributed by atoms with E-state index in [0.717, 1.165) is 17.0 Å². The average molecular weight is 299 g/mol. The Kier molecular flexibility index (Phi) is 2.94. The molecular formula is C13H15ClN2O2S. The minimum absolute atomic E-state index is 0.00203. The maximum atomic E-state index is 12.1. The van der Waals surface area contributed by atoms with Gasteiger partial charge in [0, 0.05) is 19.4 Å². The van der Waals surface area contributed by atoms with E-state index >= 15 is 0 Å². The Labute approximate surface area is 120 Å². The summed E-state index contributed by atoms with van der Waals surface area (Å²) >= 11 is 7.33. The number of alkyl halides is 1. The number of anilines is 1. The zero-order valence-corrected chi connectivity index (χ0v) is 12.5. The first-order valence-corrected chi connectivity index (χ1v) is 7.58. The molecule has 3 rings (SSSR count). The summed E-state index contributed by atoms with van der Waals surface area (Å²) in [6, 6.07) is 0. The van der Waals surface area contributed by atoms with Crippen LogP contribution in [0.5, 0.6) is 0 Å². The first-order valence-electron chi connectivity index (χ1n) is 6.33. The van der Waals surface area contributed by atoms with Gasteiger partial charge >= 0.3 is 0 Å². The van der Waals surface area contributed by atoms with Crippen LogP contribution in [0.25, 0.3) is 0 Å². The number of thiazole rings is 1. The van der Waals surface area contributed by atoms with E-state index in [0.29, 0.717) is 24.5 Å². The summed E-state index contributed by atoms with van der Waals surface area (Å²) < 4.78 is 0. The summed E-state index contributed by atoms with van der Waals surface area (Å²) in [5, 5.41) is 0.477. The number of nitrogens with zero attached hydrogens (tertiary/aromatic N) is 2. The molecule has 1 saturated heterocycles. The second-order valence-electron chi connectivity index (χ2n) is 6.02. The molecule has 1 aliphatic carbocycles. The van der Waals surface area contributed by atoms with Crippen molar-refractivity contribution < 1.29 is 9.59 Å². The molecule has 1 aliphatic heterocycles. The molecule has 1 fully saturated rings. The van der Waals surface area contributed by atoms with Crippen LogP contribution in [-0.2, 0) is 11.2 Å². The van der Waals surface area contributed by atoms with Crippen molar-refractivity contribution in [1.82, 2.24) is 4.98 Å². The smallest absolute Gasteiger partial charge is 0.230 e. The highest BCUT2D eigenvalue weighted by atomic mass is 35.5. The van der Waals surface area contributed by atoms with Crippen LogP contribution < -0.4 is 4.90 Å². The molecule has 0 N–H and O–H groups in total. The average Bonchev–Trinajstić information content (AvgIpc) is 2.80. The Morgan fingerprint density at radius 3 is 2.74 bits per heavy atom. The summed E-state index contributed by atoms with van der Waals surface area (Å²) in [5.41, 5.74) is 0.798. The number of halogens is 1. The van der Waals surface area contributed by atoms with E-state index in [1.54, 1.807) is 4.90 Å². The highest BCUT2D eigenvalue weighted by Crippen LogP contribution is 2.40. The van der Waals surface area contributed by atoms with Crippen LogP contribution in [0.3, 0.4) is 0 Å². The fourth-order valence-electron chi connectivity index (χ4n) is 2.67. The number of carbonyl (C=O) groups excluding carboxylic acids is 2. The van der Waals surface area contributed by atoms with E-state index in [1.165, 1.54) is 11.3 Å². The number of carbonyl (C=O) groups is 2. The molecule has 0 spiro atoms. The lowest BCUT2D eigenvalue weighted by Gasteiger charge is -2.26. The summed E-state index contributed by atoms with van der Waals surface area (Å²) in [4.78, 5) is 30.8. The maximum absolute atomic E-state index is 12.1. The zero-order chi connectivity index (χ0) is 13.8. The van der Waals surface area contributed by atoms with Crippen LogP contribution in [0.15, 0.2) is 0 Å². The van der Waals surface area contributed by atoms with Gasteiger partial charge in [-0.25, -0.2) is 4.98 Å². The Bertz CT molecular complexity index is 567. The number of amides is 1. The number of rotatable bonds is 1. The first kappa shape index (κ1) is 13.1. The van der Waals surface area contributed by atoms with E-state index in [2.05, 4.69) is 18.8 Å². The van der Waals surface area contributed by atoms with Crippen molar-refractivity contribution in [3.05, 3.63) is 10.6 Å². The SMILES string of the molecule is CC1(C)CC(=O)c2sc(N3CC(Cl)CC3=O)nc2C1. The largest absolute Gasteiger partial charge is 0.293 e. The van der Waals surface area contributed by atoms with E-state index < -0.39 is 0 Å². The van der Waals surface area contributed by atoms with Gasteiger partial charge in [-0.05, 0) is 11.8 Å². The number of aromatic nitrogens is 1. The molecule has 4 nitrogen and oxygen atoms in total. The lowest BCUT2D eigenvalue weighted by Crippen LogP contribution is -2.26. The van der Waals surface area contributed by atoms with Crippen molar-refractivity contribution in [2.45, 2.75) is 38.5 Å². The highest BCUT2D eigenvalue weighted by molar-refractivity contribution is 7.17. The fraction of sp³-hybridized carbons (Fsp3) is 0.615. The molecule has 1 aromatic heterocycles. The molecule has 0 aromatic carbocycles. The third kappa shape index (κ3) is 2.30. The Morgan fingerprint density at radius 1 is 1.37 bits per heavy atom. The van der Waals surface area contributed by atoms with Crippen molar-refractivity contribution in [2.24, 2.45) is 5.41 Å². The first-order chi connectivity index (χ1) is 8.85. The van der Waals surface area contributed by atoms with Crippen molar-refractivity contribution in [2.75, 3.05) is 11.4 Å². The Hall–Kier alpha value is -0.940. The van der Waals surface area contributed by atoms with Gasteiger partial charge < -0.3 is 0 Å². The molecule has 1 atom stereocenters. The van der Waals surface area contributed by atoms with Crippen LogP contribution in [-0.4, -0.2) is 28.6 Å². The molecule has 6 heteroatoms. The standard InChI is InChI=1S/C13H15ClN2O2S/c1-13(2)4-8-11(9(17)5-13)19-12(15-8)16-6-7(14)3-10(16)18/h7H,3-6H2,1-2H3. The molecule has 0 bridgehead atoms. The molecule has 0 saturated carbocycles. The third-order valence-corrected chi connectivity index (χ3v) is 4.99. The van der Waals surface area contributed by atoms with Crippen molar-refractivity contribution >= 4 is 39.8 Å². The van der Waals surface area contributed by atoms with Gasteiger partial charge in [-0.2, -0.15) is 0 Å². The van der Waals surface area contributed by atoms with Crippen molar-refractivity contribution in [1.29, 1.82) is 0 Å². The van der Waals surface area contributed by atoms with Gasteiger partial charge in [-0.1, -0.05) is 25.2 Å². The van der Waals surface area contributed by atoms with Crippen molar-refractivity contribution in [3.63, 3.8) is 0 Å². The zero-order valence-electron chi connectivity index (χ0n) is 10.9. The van der Waals surface area contributed by atoms with Crippen LogP contribution in [0, 0.1) is 5.41 Å². The van der Waals surface area contributed by atoms with Gasteiger partial charge in [-0.15, -0.1) is 11.6 Å². The Balaban J connectivity index is 1.95. The minimum Gasteiger partial charge on any atom is -0.293 e. The molecule has 102 valence electrons. The van der Waals surface area contributed by atoms with Crippen molar-refractivity contribution in [3.8, 4) is 0 Å². The number of hydrogen-bond donors (Lipinski definition) is 0. The normalized spacial score (nSPS) is 25.8. The summed E-state index contributed by atoms with van der Waals surface area (Å²) in [6.07, 6.45) is 1.69. The van der Waals surface area contributed by atoms with Gasteiger partial charge in [0.15, 0.2) is 10.9 Å². The summed E-state index contributed by atoms with van der Waals surface area (Å²) in [5.74, 6) is 0.141. The van der Waals surface area contributed by atoms with Gasteiger partial charge in [0.2, 0.25) is 5.91 Å². The lowest BCUT2D eigenvalue weighted by atomic mass is 9.78. The number of fused-ring (bicyclic) bond motifs is 1. The van der Waals surface area contributed by atoms with Crippen LogP contribution in [0.2, 0.25) is 0 Å². The molecule has 1 aromatic rings. The molecule has 0 radical (unpaired) electrons. The highest BCUT2D eigenvalue weighted by Gasteiger charge is 2.37. The van der Waals surface area contributed by atoms with Gasteiger partial charge in [0.25, 0.3) is 0 Å². The topological polar surface area (TPSA) is 50.3 Å².